The van der Waals surface area contributed by atoms with Crippen molar-refractivity contribution in [2.45, 2.75) is 38.0 Å². The number of benzene rings is 2. The molecule has 0 amide bonds. The minimum atomic E-state index is -1.33. The van der Waals surface area contributed by atoms with Gasteiger partial charge < -0.3 is 0 Å². The molecule has 0 saturated carbocycles. The standard InChI is InChI=1S/C19H21ClOS/c1-3-4-10-18(16-8-6-5-7-9-16)19(20)22(21)17-13-11-15(2)12-14-17/h5-9,11-14H,3-4,10H2,1-2H3/b19-18+/t22-/m0/s1. The number of rotatable bonds is 6. The molecular formula is C19H21ClOS. The molecule has 2 aromatic carbocycles. The molecule has 0 unspecified atom stereocenters. The molecule has 0 spiro atoms. The molecule has 2 rings (SSSR count). The van der Waals surface area contributed by atoms with Gasteiger partial charge in [0.1, 0.15) is 4.36 Å². The van der Waals surface area contributed by atoms with Crippen LogP contribution in [0.25, 0.3) is 5.57 Å². The molecule has 0 aliphatic rings. The van der Waals surface area contributed by atoms with E-state index in [1.54, 1.807) is 0 Å². The maximum absolute atomic E-state index is 12.8. The molecule has 2 aromatic rings. The summed E-state index contributed by atoms with van der Waals surface area (Å²) in [5, 5.41) is 0. The Kier molecular flexibility index (Phi) is 6.41. The van der Waals surface area contributed by atoms with Crippen LogP contribution in [0.5, 0.6) is 0 Å². The highest BCUT2D eigenvalue weighted by Gasteiger charge is 2.15. The van der Waals surface area contributed by atoms with Gasteiger partial charge in [0.2, 0.25) is 0 Å². The Morgan fingerprint density at radius 2 is 1.68 bits per heavy atom. The fourth-order valence-electron chi connectivity index (χ4n) is 2.23. The van der Waals surface area contributed by atoms with E-state index >= 15 is 0 Å². The summed E-state index contributed by atoms with van der Waals surface area (Å²) < 4.78 is 13.2. The fraction of sp³-hybridized carbons (Fsp3) is 0.263. The predicted molar refractivity (Wildman–Crippen MR) is 96.3 cm³/mol. The molecular weight excluding hydrogens is 312 g/mol. The smallest absolute Gasteiger partial charge is 0.113 e. The highest BCUT2D eigenvalue weighted by Crippen LogP contribution is 2.31. The van der Waals surface area contributed by atoms with Crippen LogP contribution in [0.1, 0.15) is 37.3 Å². The van der Waals surface area contributed by atoms with Crippen LogP contribution in [0.2, 0.25) is 0 Å². The summed E-state index contributed by atoms with van der Waals surface area (Å²) in [6.45, 7) is 4.16. The Hall–Kier alpha value is -1.38. The summed E-state index contributed by atoms with van der Waals surface area (Å²) >= 11 is 6.52. The predicted octanol–water partition coefficient (Wildman–Crippen LogP) is 5.90. The third-order valence-electron chi connectivity index (χ3n) is 3.54. The van der Waals surface area contributed by atoms with E-state index in [-0.39, 0.29) is 0 Å². The van der Waals surface area contributed by atoms with Gasteiger partial charge in [0, 0.05) is 4.90 Å². The van der Waals surface area contributed by atoms with E-state index in [4.69, 9.17) is 11.6 Å². The summed E-state index contributed by atoms with van der Waals surface area (Å²) in [6.07, 6.45) is 2.96. The van der Waals surface area contributed by atoms with Gasteiger partial charge in [0.05, 0.1) is 10.8 Å². The molecule has 1 nitrogen and oxygen atoms in total. The zero-order valence-corrected chi connectivity index (χ0v) is 14.6. The largest absolute Gasteiger partial charge is 0.248 e. The van der Waals surface area contributed by atoms with Crippen LogP contribution in [-0.4, -0.2) is 4.21 Å². The molecule has 0 aliphatic carbocycles. The lowest BCUT2D eigenvalue weighted by Crippen LogP contribution is -1.97. The van der Waals surface area contributed by atoms with Gasteiger partial charge in [0.25, 0.3) is 0 Å². The first-order chi connectivity index (χ1) is 10.6. The zero-order valence-electron chi connectivity index (χ0n) is 13.0. The first-order valence-electron chi connectivity index (χ1n) is 7.56. The van der Waals surface area contributed by atoms with Crippen molar-refractivity contribution in [1.29, 1.82) is 0 Å². The van der Waals surface area contributed by atoms with Gasteiger partial charge in [0.15, 0.2) is 0 Å². The van der Waals surface area contributed by atoms with Crippen molar-refractivity contribution in [2.24, 2.45) is 0 Å². The third-order valence-corrected chi connectivity index (χ3v) is 5.46. The van der Waals surface area contributed by atoms with Crippen molar-refractivity contribution >= 4 is 28.0 Å². The number of halogens is 1. The highest BCUT2D eigenvalue weighted by molar-refractivity contribution is 7.91. The Morgan fingerprint density at radius 3 is 2.27 bits per heavy atom. The summed E-state index contributed by atoms with van der Waals surface area (Å²) in [6, 6.07) is 17.7. The van der Waals surface area contributed by atoms with Crippen LogP contribution in [0, 0.1) is 6.92 Å². The molecule has 0 aromatic heterocycles. The molecule has 0 saturated heterocycles. The summed E-state index contributed by atoms with van der Waals surface area (Å²) in [4.78, 5) is 0.750. The highest BCUT2D eigenvalue weighted by atomic mass is 35.5. The average Bonchev–Trinajstić information content (AvgIpc) is 2.56. The van der Waals surface area contributed by atoms with Gasteiger partial charge in [-0.25, -0.2) is 4.21 Å². The average molecular weight is 333 g/mol. The molecule has 0 bridgehead atoms. The van der Waals surface area contributed by atoms with E-state index in [1.165, 1.54) is 0 Å². The maximum Gasteiger partial charge on any atom is 0.113 e. The maximum atomic E-state index is 12.8. The van der Waals surface area contributed by atoms with E-state index in [2.05, 4.69) is 6.92 Å². The third kappa shape index (κ3) is 4.31. The zero-order chi connectivity index (χ0) is 15.9. The number of hydrogen-bond acceptors (Lipinski definition) is 1. The molecule has 22 heavy (non-hydrogen) atoms. The van der Waals surface area contributed by atoms with Crippen LogP contribution in [-0.2, 0) is 10.8 Å². The quantitative estimate of drug-likeness (QED) is 0.643. The monoisotopic (exact) mass is 332 g/mol. The number of aryl methyl sites for hydroxylation is 1. The molecule has 0 heterocycles. The van der Waals surface area contributed by atoms with Crippen molar-refractivity contribution in [3.63, 3.8) is 0 Å². The van der Waals surface area contributed by atoms with Crippen LogP contribution in [0.15, 0.2) is 63.9 Å². The molecule has 0 fully saturated rings. The Morgan fingerprint density at radius 1 is 1.05 bits per heavy atom. The van der Waals surface area contributed by atoms with E-state index in [1.807, 2.05) is 61.5 Å². The first kappa shape index (κ1) is 17.0. The summed E-state index contributed by atoms with van der Waals surface area (Å²) in [5.74, 6) is 0. The number of unbranched alkanes of at least 4 members (excludes halogenated alkanes) is 1. The minimum absolute atomic E-state index is 0.448. The van der Waals surface area contributed by atoms with Crippen LogP contribution in [0.3, 0.4) is 0 Å². The van der Waals surface area contributed by atoms with Crippen LogP contribution in [0.4, 0.5) is 0 Å². The van der Waals surface area contributed by atoms with Crippen molar-refractivity contribution in [2.75, 3.05) is 0 Å². The molecule has 3 heteroatoms. The lowest BCUT2D eigenvalue weighted by atomic mass is 10.0. The lowest BCUT2D eigenvalue weighted by Gasteiger charge is -2.11. The topological polar surface area (TPSA) is 17.1 Å². The van der Waals surface area contributed by atoms with Gasteiger partial charge >= 0.3 is 0 Å². The molecule has 0 aliphatic heterocycles. The van der Waals surface area contributed by atoms with Gasteiger partial charge in [-0.15, -0.1) is 0 Å². The van der Waals surface area contributed by atoms with Crippen molar-refractivity contribution in [3.8, 4) is 0 Å². The normalized spacial score (nSPS) is 13.6. The fourth-order valence-corrected chi connectivity index (χ4v) is 3.73. The number of allylic oxidation sites excluding steroid dienone is 1. The molecule has 0 radical (unpaired) electrons. The Bertz CT molecular complexity index is 660. The SMILES string of the molecule is CCCC/C(=C(/Cl)[S@@](=O)c1ccc(C)cc1)c1ccccc1. The van der Waals surface area contributed by atoms with Crippen molar-refractivity contribution < 1.29 is 4.21 Å². The summed E-state index contributed by atoms with van der Waals surface area (Å²) in [7, 11) is -1.33. The van der Waals surface area contributed by atoms with E-state index in [0.29, 0.717) is 4.36 Å². The lowest BCUT2D eigenvalue weighted by molar-refractivity contribution is 0.688. The minimum Gasteiger partial charge on any atom is -0.248 e. The van der Waals surface area contributed by atoms with Crippen LogP contribution < -0.4 is 0 Å². The van der Waals surface area contributed by atoms with Gasteiger partial charge in [-0.05, 0) is 43.0 Å². The second-order valence-corrected chi connectivity index (χ2v) is 7.32. The Balaban J connectivity index is 2.39. The molecule has 0 N–H and O–H groups in total. The van der Waals surface area contributed by atoms with E-state index in [9.17, 15) is 4.21 Å². The van der Waals surface area contributed by atoms with Gasteiger partial charge in [-0.3, -0.25) is 0 Å². The Labute approximate surface area is 140 Å². The van der Waals surface area contributed by atoms with Crippen molar-refractivity contribution in [3.05, 3.63) is 70.1 Å². The molecule has 1 atom stereocenters. The summed E-state index contributed by atoms with van der Waals surface area (Å²) in [5.41, 5.74) is 3.19. The molecule has 116 valence electrons. The second-order valence-electron chi connectivity index (χ2n) is 5.30. The van der Waals surface area contributed by atoms with E-state index < -0.39 is 10.8 Å². The van der Waals surface area contributed by atoms with Crippen molar-refractivity contribution in [1.82, 2.24) is 0 Å². The second kappa shape index (κ2) is 8.30. The van der Waals surface area contributed by atoms with Gasteiger partial charge in [-0.1, -0.05) is 73.0 Å². The van der Waals surface area contributed by atoms with Gasteiger partial charge in [-0.2, -0.15) is 0 Å². The van der Waals surface area contributed by atoms with Crippen LogP contribution >= 0.6 is 11.6 Å². The van der Waals surface area contributed by atoms with E-state index in [0.717, 1.165) is 40.9 Å². The number of hydrogen-bond donors (Lipinski definition) is 0. The first-order valence-corrected chi connectivity index (χ1v) is 9.08.